The number of halogens is 2. The Morgan fingerprint density at radius 1 is 1.02 bits per heavy atom. The summed E-state index contributed by atoms with van der Waals surface area (Å²) in [6.45, 7) is 11.7. The number of fused-ring (bicyclic) bond motifs is 1. The molecule has 0 spiro atoms. The van der Waals surface area contributed by atoms with E-state index in [1.165, 1.54) is 18.6 Å². The second-order valence-corrected chi connectivity index (χ2v) is 10.9. The molecule has 8 heteroatoms. The lowest BCUT2D eigenvalue weighted by molar-refractivity contribution is -0.144. The molecule has 210 valence electrons. The van der Waals surface area contributed by atoms with Gasteiger partial charge in [-0.05, 0) is 74.6 Å². The van der Waals surface area contributed by atoms with Gasteiger partial charge in [-0.3, -0.25) is 4.79 Å². The number of carbonyl (C=O) groups is 2. The first kappa shape index (κ1) is 29.2. The highest BCUT2D eigenvalue weighted by Gasteiger charge is 2.21. The van der Waals surface area contributed by atoms with Gasteiger partial charge in [0.05, 0.1) is 12.6 Å². The molecule has 0 bridgehead atoms. The maximum atomic E-state index is 15.2. The summed E-state index contributed by atoms with van der Waals surface area (Å²) in [6.07, 6.45) is -1.17. The topological polar surface area (TPSA) is 80.6 Å². The van der Waals surface area contributed by atoms with Crippen molar-refractivity contribution in [3.05, 3.63) is 98.9 Å². The molecule has 0 aliphatic heterocycles. The summed E-state index contributed by atoms with van der Waals surface area (Å²) in [5.74, 6) is -1.63. The zero-order valence-corrected chi connectivity index (χ0v) is 24.3. The molecular formula is C32H34ClFN2O4. The average molecular weight is 565 g/mol. The number of nitrogens with zero attached hydrogens (tertiary/aromatic N) is 1. The molecule has 1 unspecified atom stereocenters. The van der Waals surface area contributed by atoms with Crippen molar-refractivity contribution < 1.29 is 23.8 Å². The van der Waals surface area contributed by atoms with E-state index < -0.39 is 17.9 Å². The monoisotopic (exact) mass is 564 g/mol. The number of hydrogen-bond donors (Lipinski definition) is 2. The molecule has 0 radical (unpaired) electrons. The number of rotatable bonds is 9. The Balaban J connectivity index is 1.59. The summed E-state index contributed by atoms with van der Waals surface area (Å²) in [5, 5.41) is 12.8. The van der Waals surface area contributed by atoms with Gasteiger partial charge in [0.1, 0.15) is 10.8 Å². The van der Waals surface area contributed by atoms with E-state index in [0.717, 1.165) is 27.7 Å². The number of carboxylic acids is 1. The van der Waals surface area contributed by atoms with Gasteiger partial charge in [-0.1, -0.05) is 55.8 Å². The van der Waals surface area contributed by atoms with Crippen LogP contribution in [-0.2, 0) is 11.3 Å². The first-order chi connectivity index (χ1) is 18.9. The molecule has 1 amide bonds. The van der Waals surface area contributed by atoms with Gasteiger partial charge in [0.2, 0.25) is 0 Å². The second-order valence-electron chi connectivity index (χ2n) is 10.5. The standard InChI is InChI=1S/C32H34ClFN2O4/c1-17(2)22-8-7-9-23(14-22)19(4)35-31(37)24-10-12-27-26(15-24)18(3)20(5)36(27)16-25-11-13-28(29(33)30(25)34)40-21(6)32(38)39/h7-15,17,19,21H,16H2,1-6H3,(H,35,37)(H,38,39)/t19-,21?/m0/s1. The van der Waals surface area contributed by atoms with Crippen LogP contribution in [0, 0.1) is 19.7 Å². The van der Waals surface area contributed by atoms with Crippen LogP contribution in [0.1, 0.15) is 78.0 Å². The molecule has 0 fully saturated rings. The quantitative estimate of drug-likeness (QED) is 0.220. The molecule has 2 atom stereocenters. The fraction of sp³-hybridized carbons (Fsp3) is 0.312. The highest BCUT2D eigenvalue weighted by Crippen LogP contribution is 2.33. The molecular weight excluding hydrogens is 531 g/mol. The smallest absolute Gasteiger partial charge is 0.344 e. The summed E-state index contributed by atoms with van der Waals surface area (Å²) >= 11 is 6.20. The molecule has 0 aliphatic carbocycles. The largest absolute Gasteiger partial charge is 0.479 e. The molecule has 2 N–H and O–H groups in total. The van der Waals surface area contributed by atoms with Crippen LogP contribution in [0.4, 0.5) is 4.39 Å². The van der Waals surface area contributed by atoms with E-state index in [0.29, 0.717) is 17.0 Å². The van der Waals surface area contributed by atoms with Gasteiger partial charge in [0, 0.05) is 27.7 Å². The Kier molecular flexibility index (Phi) is 8.54. The van der Waals surface area contributed by atoms with Gasteiger partial charge < -0.3 is 19.7 Å². The Bertz CT molecular complexity index is 1590. The summed E-state index contributed by atoms with van der Waals surface area (Å²) in [7, 11) is 0. The average Bonchev–Trinajstić information content (AvgIpc) is 3.16. The van der Waals surface area contributed by atoms with Crippen LogP contribution in [-0.4, -0.2) is 27.7 Å². The number of aliphatic carboxylic acids is 1. The highest BCUT2D eigenvalue weighted by molar-refractivity contribution is 6.32. The van der Waals surface area contributed by atoms with Crippen molar-refractivity contribution >= 4 is 34.4 Å². The van der Waals surface area contributed by atoms with E-state index >= 15 is 4.39 Å². The van der Waals surface area contributed by atoms with Crippen LogP contribution < -0.4 is 10.1 Å². The summed E-state index contributed by atoms with van der Waals surface area (Å²) in [5.41, 5.74) is 5.93. The minimum absolute atomic E-state index is 0.0242. The van der Waals surface area contributed by atoms with E-state index in [2.05, 4.69) is 31.3 Å². The lowest BCUT2D eigenvalue weighted by Gasteiger charge is -2.17. The molecule has 40 heavy (non-hydrogen) atoms. The van der Waals surface area contributed by atoms with E-state index in [1.54, 1.807) is 12.1 Å². The number of amides is 1. The van der Waals surface area contributed by atoms with Crippen molar-refractivity contribution in [1.82, 2.24) is 9.88 Å². The van der Waals surface area contributed by atoms with Crippen molar-refractivity contribution in [3.8, 4) is 5.75 Å². The lowest BCUT2D eigenvalue weighted by Crippen LogP contribution is -2.26. The summed E-state index contributed by atoms with van der Waals surface area (Å²) < 4.78 is 22.5. The molecule has 1 aromatic heterocycles. The minimum Gasteiger partial charge on any atom is -0.479 e. The number of carbonyl (C=O) groups excluding carboxylic acids is 1. The number of carboxylic acid groups (broad SMARTS) is 1. The second kappa shape index (κ2) is 11.7. The van der Waals surface area contributed by atoms with E-state index in [9.17, 15) is 9.59 Å². The van der Waals surface area contributed by atoms with Crippen molar-refractivity contribution in [2.45, 2.75) is 66.2 Å². The van der Waals surface area contributed by atoms with Gasteiger partial charge in [0.15, 0.2) is 11.9 Å². The highest BCUT2D eigenvalue weighted by atomic mass is 35.5. The van der Waals surface area contributed by atoms with Crippen molar-refractivity contribution in [3.63, 3.8) is 0 Å². The number of aryl methyl sites for hydroxylation is 1. The number of nitrogens with one attached hydrogen (secondary N) is 1. The van der Waals surface area contributed by atoms with E-state index in [4.69, 9.17) is 21.4 Å². The lowest BCUT2D eigenvalue weighted by atomic mass is 9.98. The Morgan fingerprint density at radius 2 is 1.73 bits per heavy atom. The SMILES string of the molecule is Cc1c(C)n(Cc2ccc(OC(C)C(=O)O)c(Cl)c2F)c2ccc(C(=O)N[C@@H](C)c3cccc(C(C)C)c3)cc12. The predicted molar refractivity (Wildman–Crippen MR) is 156 cm³/mol. The molecule has 4 aromatic rings. The van der Waals surface area contributed by atoms with Gasteiger partial charge in [0.25, 0.3) is 5.91 Å². The molecule has 0 saturated carbocycles. The molecule has 3 aromatic carbocycles. The zero-order chi connectivity index (χ0) is 29.3. The van der Waals surface area contributed by atoms with Gasteiger partial charge in [-0.2, -0.15) is 0 Å². The molecule has 6 nitrogen and oxygen atoms in total. The minimum atomic E-state index is -1.17. The zero-order valence-electron chi connectivity index (χ0n) is 23.5. The van der Waals surface area contributed by atoms with Crippen molar-refractivity contribution in [2.24, 2.45) is 0 Å². The third kappa shape index (κ3) is 5.85. The third-order valence-electron chi connectivity index (χ3n) is 7.43. The summed E-state index contributed by atoms with van der Waals surface area (Å²) in [4.78, 5) is 24.3. The summed E-state index contributed by atoms with van der Waals surface area (Å²) in [6, 6.07) is 16.6. The predicted octanol–water partition coefficient (Wildman–Crippen LogP) is 7.57. The fourth-order valence-corrected chi connectivity index (χ4v) is 4.97. The molecule has 0 aliphatic rings. The first-order valence-corrected chi connectivity index (χ1v) is 13.6. The number of ether oxygens (including phenoxy) is 1. The third-order valence-corrected chi connectivity index (χ3v) is 7.79. The van der Waals surface area contributed by atoms with Gasteiger partial charge >= 0.3 is 5.97 Å². The molecule has 1 heterocycles. The number of benzene rings is 3. The Hall–Kier alpha value is -3.84. The van der Waals surface area contributed by atoms with Crippen LogP contribution in [0.3, 0.4) is 0 Å². The Labute approximate surface area is 238 Å². The number of aromatic nitrogens is 1. The maximum Gasteiger partial charge on any atom is 0.344 e. The van der Waals surface area contributed by atoms with Crippen LogP contribution >= 0.6 is 11.6 Å². The maximum absolute atomic E-state index is 15.2. The first-order valence-electron chi connectivity index (χ1n) is 13.3. The van der Waals surface area contributed by atoms with E-state index in [-0.39, 0.29) is 29.3 Å². The van der Waals surface area contributed by atoms with Crippen LogP contribution in [0.5, 0.6) is 5.75 Å². The van der Waals surface area contributed by atoms with Crippen LogP contribution in [0.25, 0.3) is 10.9 Å². The van der Waals surface area contributed by atoms with E-state index in [1.807, 2.05) is 49.6 Å². The van der Waals surface area contributed by atoms with Crippen molar-refractivity contribution in [2.75, 3.05) is 0 Å². The van der Waals surface area contributed by atoms with Gasteiger partial charge in [-0.15, -0.1) is 0 Å². The molecule has 0 saturated heterocycles. The number of hydrogen-bond acceptors (Lipinski definition) is 3. The van der Waals surface area contributed by atoms with Crippen LogP contribution in [0.2, 0.25) is 5.02 Å². The van der Waals surface area contributed by atoms with Crippen LogP contribution in [0.15, 0.2) is 54.6 Å². The van der Waals surface area contributed by atoms with Crippen molar-refractivity contribution in [1.29, 1.82) is 0 Å². The Morgan fingerprint density at radius 3 is 2.40 bits per heavy atom. The molecule has 4 rings (SSSR count). The van der Waals surface area contributed by atoms with Gasteiger partial charge in [-0.25, -0.2) is 9.18 Å². The normalized spacial score (nSPS) is 12.9. The fourth-order valence-electron chi connectivity index (χ4n) is 4.74.